The molecule has 5 rings (SSSR count). The minimum Gasteiger partial charge on any atom is -0.617 e. The molecule has 2 aliphatic carbocycles. The second-order valence-electron chi connectivity index (χ2n) is 13.7. The first-order chi connectivity index (χ1) is 21.9. The van der Waals surface area contributed by atoms with Gasteiger partial charge in [-0.1, -0.05) is 23.3 Å². The summed E-state index contributed by atoms with van der Waals surface area (Å²) in [5.74, 6) is 2.14. The highest BCUT2D eigenvalue weighted by Crippen LogP contribution is 2.51. The molecule has 2 fully saturated rings. The Balaban J connectivity index is 1.26. The summed E-state index contributed by atoms with van der Waals surface area (Å²) in [7, 11) is -0.602. The van der Waals surface area contributed by atoms with Crippen molar-refractivity contribution in [2.24, 2.45) is 17.8 Å². The Hall–Kier alpha value is -2.80. The predicted molar refractivity (Wildman–Crippen MR) is 188 cm³/mol. The Morgan fingerprint density at radius 3 is 2.35 bits per heavy atom. The van der Waals surface area contributed by atoms with Crippen molar-refractivity contribution in [1.29, 1.82) is 0 Å². The van der Waals surface area contributed by atoms with Gasteiger partial charge in [-0.15, -0.1) is 0 Å². The lowest BCUT2D eigenvalue weighted by molar-refractivity contribution is -0.119. The van der Waals surface area contributed by atoms with Gasteiger partial charge in [-0.3, -0.25) is 14.3 Å². The van der Waals surface area contributed by atoms with E-state index in [-0.39, 0.29) is 17.7 Å². The number of nitrogens with one attached hydrogen (secondary N) is 2. The number of carbonyl (C=O) groups excluding carboxylic acids is 2. The topological polar surface area (TPSA) is 126 Å². The Morgan fingerprint density at radius 1 is 1.07 bits per heavy atom. The number of hydrogen-bond acceptors (Lipinski definition) is 6. The van der Waals surface area contributed by atoms with E-state index in [1.807, 2.05) is 35.9 Å². The summed E-state index contributed by atoms with van der Waals surface area (Å²) < 4.78 is 21.0. The molecular formula is C34H50N6O4S2. The second kappa shape index (κ2) is 15.0. The van der Waals surface area contributed by atoms with Crippen LogP contribution in [-0.2, 0) is 34.0 Å². The van der Waals surface area contributed by atoms with Crippen LogP contribution in [0.2, 0.25) is 0 Å². The van der Waals surface area contributed by atoms with E-state index in [0.717, 1.165) is 60.6 Å². The van der Waals surface area contributed by atoms with Crippen LogP contribution in [0.1, 0.15) is 54.0 Å². The summed E-state index contributed by atoms with van der Waals surface area (Å²) in [6.45, 7) is 5.70. The van der Waals surface area contributed by atoms with Crippen LogP contribution in [0.15, 0.2) is 36.5 Å². The molecule has 2 saturated carbocycles. The maximum atomic E-state index is 13.9. The van der Waals surface area contributed by atoms with Crippen LogP contribution in [0.3, 0.4) is 0 Å². The number of aryl methyl sites for hydroxylation is 2. The number of aromatic nitrogens is 4. The molecule has 2 N–H and O–H groups in total. The summed E-state index contributed by atoms with van der Waals surface area (Å²) in [4.78, 5) is 27.4. The zero-order valence-corrected chi connectivity index (χ0v) is 29.7. The van der Waals surface area contributed by atoms with E-state index in [9.17, 15) is 14.1 Å². The summed E-state index contributed by atoms with van der Waals surface area (Å²) in [5, 5.41) is 15.3. The molecule has 1 aromatic carbocycles. The Bertz CT molecular complexity index is 1480. The van der Waals surface area contributed by atoms with Gasteiger partial charge >= 0.3 is 0 Å². The Kier molecular flexibility index (Phi) is 11.2. The van der Waals surface area contributed by atoms with Crippen molar-refractivity contribution in [1.82, 2.24) is 24.9 Å². The van der Waals surface area contributed by atoms with Gasteiger partial charge in [0.05, 0.1) is 18.6 Å². The van der Waals surface area contributed by atoms with E-state index < -0.39 is 27.2 Å². The van der Waals surface area contributed by atoms with Crippen molar-refractivity contribution >= 4 is 38.7 Å². The van der Waals surface area contributed by atoms with Gasteiger partial charge in [-0.2, -0.15) is 10.2 Å². The first-order valence-electron chi connectivity index (χ1n) is 16.2. The standard InChI is InChI=1S/C34H50N6O4S2/c1-23-30(24(2)40(38-23)22-44-19-21-46(4,5)6)25-12-14-28(15-13-25)36-34(42)32(31(26-8-9-26)27-10-11-27)37-33(41)29-16-17-35-39(29)18-7-20-45(3)43/h12-17,26-27,31-32H,7-11,18-22H2,1-6H3,(H,36,42)(H,37,41). The Morgan fingerprint density at radius 2 is 1.74 bits per heavy atom. The molecule has 46 heavy (non-hydrogen) atoms. The van der Waals surface area contributed by atoms with Gasteiger partial charge in [0, 0.05) is 41.9 Å². The van der Waals surface area contributed by atoms with Crippen molar-refractivity contribution in [2.45, 2.75) is 65.3 Å². The van der Waals surface area contributed by atoms with Gasteiger partial charge in [0.15, 0.2) is 0 Å². The number of anilines is 1. The van der Waals surface area contributed by atoms with Gasteiger partial charge < -0.3 is 19.9 Å². The molecule has 10 nitrogen and oxygen atoms in total. The van der Waals surface area contributed by atoms with Gasteiger partial charge in [0.2, 0.25) is 5.91 Å². The number of ether oxygens (including phenoxy) is 1. The summed E-state index contributed by atoms with van der Waals surface area (Å²) in [6, 6.07) is 8.90. The molecule has 3 aromatic rings. The third-order valence-electron chi connectivity index (χ3n) is 8.91. The van der Waals surface area contributed by atoms with E-state index in [1.54, 1.807) is 23.2 Å². The fourth-order valence-electron chi connectivity index (χ4n) is 6.21. The van der Waals surface area contributed by atoms with Crippen molar-refractivity contribution in [3.05, 3.63) is 53.6 Å². The van der Waals surface area contributed by atoms with Crippen molar-refractivity contribution in [2.75, 3.05) is 48.5 Å². The summed E-state index contributed by atoms with van der Waals surface area (Å²) >= 11 is -0.904. The van der Waals surface area contributed by atoms with Gasteiger partial charge in [-0.05, 0) is 99.8 Å². The zero-order chi connectivity index (χ0) is 33.0. The maximum absolute atomic E-state index is 13.9. The molecule has 0 bridgehead atoms. The average Bonchev–Trinajstić information content (AvgIpc) is 3.93. The van der Waals surface area contributed by atoms with E-state index >= 15 is 0 Å². The minimum atomic E-state index is -0.904. The van der Waals surface area contributed by atoms with Crippen LogP contribution in [0.5, 0.6) is 0 Å². The molecule has 2 aliphatic rings. The zero-order valence-electron chi connectivity index (χ0n) is 28.1. The highest BCUT2D eigenvalue weighted by atomic mass is 32.3. The van der Waals surface area contributed by atoms with Crippen LogP contribution in [0, 0.1) is 31.6 Å². The molecule has 2 heterocycles. The van der Waals surface area contributed by atoms with Crippen molar-refractivity contribution in [3.63, 3.8) is 0 Å². The quantitative estimate of drug-likeness (QED) is 0.154. The molecule has 2 atom stereocenters. The molecular weight excluding hydrogens is 621 g/mol. The van der Waals surface area contributed by atoms with Gasteiger partial charge in [0.1, 0.15) is 24.2 Å². The minimum absolute atomic E-state index is 0.116. The monoisotopic (exact) mass is 670 g/mol. The Labute approximate surface area is 277 Å². The third kappa shape index (κ3) is 9.17. The van der Waals surface area contributed by atoms with E-state index in [0.29, 0.717) is 48.7 Å². The molecule has 12 heteroatoms. The molecule has 2 aromatic heterocycles. The molecule has 0 aliphatic heterocycles. The van der Waals surface area contributed by atoms with E-state index in [2.05, 4.69) is 41.4 Å². The molecule has 0 spiro atoms. The average molecular weight is 671 g/mol. The van der Waals surface area contributed by atoms with Crippen LogP contribution in [0.4, 0.5) is 5.69 Å². The van der Waals surface area contributed by atoms with Crippen molar-refractivity contribution < 1.29 is 18.9 Å². The fraction of sp³-hybridized carbons (Fsp3) is 0.588. The SMILES string of the molecule is Cc1nn(COCCS(C)(C)C)c(C)c1-c1ccc(NC(=O)C(NC(=O)c2ccnn2CCC[S+](C)[O-])C(C2CC2)C2CC2)cc1. The predicted octanol–water partition coefficient (Wildman–Crippen LogP) is 4.97. The molecule has 2 amide bonds. The molecule has 2 unspecified atom stereocenters. The smallest absolute Gasteiger partial charge is 0.270 e. The molecule has 0 radical (unpaired) electrons. The van der Waals surface area contributed by atoms with Crippen LogP contribution < -0.4 is 10.6 Å². The number of nitrogens with zero attached hydrogens (tertiary/aromatic N) is 4. The number of benzene rings is 1. The third-order valence-corrected chi connectivity index (χ3v) is 11.2. The number of carbonyl (C=O) groups is 2. The lowest BCUT2D eigenvalue weighted by atomic mass is 9.88. The number of hydrogen-bond donors (Lipinski definition) is 2. The first-order valence-corrected chi connectivity index (χ1v) is 21.0. The van der Waals surface area contributed by atoms with Gasteiger partial charge in [-0.25, -0.2) is 14.7 Å². The van der Waals surface area contributed by atoms with Crippen LogP contribution >= 0.6 is 10.0 Å². The van der Waals surface area contributed by atoms with E-state index in [1.165, 1.54) is 0 Å². The maximum Gasteiger partial charge on any atom is 0.270 e. The summed E-state index contributed by atoms with van der Waals surface area (Å²) in [6.07, 6.45) is 15.2. The fourth-order valence-corrected chi connectivity index (χ4v) is 7.36. The highest BCUT2D eigenvalue weighted by molar-refractivity contribution is 8.32. The number of amides is 2. The largest absolute Gasteiger partial charge is 0.617 e. The van der Waals surface area contributed by atoms with Crippen LogP contribution in [0.25, 0.3) is 11.1 Å². The lowest BCUT2D eigenvalue weighted by Crippen LogP contribution is -2.50. The lowest BCUT2D eigenvalue weighted by Gasteiger charge is -2.27. The molecule has 0 saturated heterocycles. The summed E-state index contributed by atoms with van der Waals surface area (Å²) in [5.41, 5.74) is 5.17. The normalized spacial score (nSPS) is 16.8. The van der Waals surface area contributed by atoms with E-state index in [4.69, 9.17) is 9.84 Å². The van der Waals surface area contributed by atoms with Crippen LogP contribution in [-0.4, -0.2) is 85.1 Å². The molecule has 252 valence electrons. The highest BCUT2D eigenvalue weighted by Gasteiger charge is 2.48. The van der Waals surface area contributed by atoms with Gasteiger partial charge in [0.25, 0.3) is 5.91 Å². The first kappa shape index (κ1) is 34.5. The number of rotatable bonds is 17. The van der Waals surface area contributed by atoms with Crippen molar-refractivity contribution in [3.8, 4) is 11.1 Å². The second-order valence-corrected chi connectivity index (χ2v) is 19.9.